The fraction of sp³-hybridized carbons (Fsp3) is 0.333. The van der Waals surface area contributed by atoms with Crippen molar-refractivity contribution in [3.05, 3.63) is 56.7 Å². The van der Waals surface area contributed by atoms with Crippen LogP contribution < -0.4 is 0 Å². The van der Waals surface area contributed by atoms with Crippen LogP contribution in [-0.4, -0.2) is 0 Å². The third-order valence-electron chi connectivity index (χ3n) is 3.65. The summed E-state index contributed by atoms with van der Waals surface area (Å²) in [4.78, 5) is 0. The number of hydrogen-bond acceptors (Lipinski definition) is 0. The van der Waals surface area contributed by atoms with E-state index in [1.807, 2.05) is 0 Å². The molecule has 0 saturated heterocycles. The van der Waals surface area contributed by atoms with Crippen molar-refractivity contribution >= 4 is 22.6 Å². The van der Waals surface area contributed by atoms with Gasteiger partial charge in [-0.25, -0.2) is 0 Å². The molecule has 0 aliphatic carbocycles. The first-order valence-electron chi connectivity index (χ1n) is 6.67. The molecule has 0 nitrogen and oxygen atoms in total. The highest BCUT2D eigenvalue weighted by Gasteiger charge is 2.14. The van der Waals surface area contributed by atoms with E-state index in [9.17, 15) is 0 Å². The van der Waals surface area contributed by atoms with E-state index in [2.05, 4.69) is 93.6 Å². The minimum absolute atomic E-state index is 0.216. The third kappa shape index (κ3) is 3.02. The van der Waals surface area contributed by atoms with Crippen LogP contribution in [0.4, 0.5) is 0 Å². The van der Waals surface area contributed by atoms with Crippen molar-refractivity contribution in [2.24, 2.45) is 0 Å². The third-order valence-corrected chi connectivity index (χ3v) is 4.82. The van der Waals surface area contributed by atoms with E-state index >= 15 is 0 Å². The Labute approximate surface area is 130 Å². The molecule has 0 N–H and O–H groups in total. The van der Waals surface area contributed by atoms with Gasteiger partial charge in [-0.1, -0.05) is 51.1 Å². The molecule has 0 aliphatic heterocycles. The van der Waals surface area contributed by atoms with Crippen molar-refractivity contribution in [1.29, 1.82) is 0 Å². The van der Waals surface area contributed by atoms with E-state index in [1.165, 1.54) is 31.4 Å². The maximum Gasteiger partial charge on any atom is 0.0165 e. The van der Waals surface area contributed by atoms with Crippen LogP contribution in [-0.2, 0) is 5.41 Å². The zero-order valence-electron chi connectivity index (χ0n) is 12.3. The Hall–Kier alpha value is -0.830. The highest BCUT2D eigenvalue weighted by atomic mass is 127. The Morgan fingerprint density at radius 1 is 0.842 bits per heavy atom. The molecular formula is C18H21I. The average Bonchev–Trinajstić information content (AvgIpc) is 2.34. The number of rotatable bonds is 1. The highest BCUT2D eigenvalue weighted by molar-refractivity contribution is 14.1. The second-order valence-corrected chi connectivity index (χ2v) is 7.35. The summed E-state index contributed by atoms with van der Waals surface area (Å²) >= 11 is 2.41. The largest absolute Gasteiger partial charge is 0.0579 e. The average molecular weight is 364 g/mol. The van der Waals surface area contributed by atoms with Gasteiger partial charge >= 0.3 is 0 Å². The molecule has 0 fully saturated rings. The fourth-order valence-corrected chi connectivity index (χ4v) is 2.85. The van der Waals surface area contributed by atoms with Crippen LogP contribution in [0.5, 0.6) is 0 Å². The summed E-state index contributed by atoms with van der Waals surface area (Å²) in [6, 6.07) is 13.4. The summed E-state index contributed by atoms with van der Waals surface area (Å²) in [6.45, 7) is 11.2. The molecule has 0 bridgehead atoms. The van der Waals surface area contributed by atoms with Gasteiger partial charge in [0.25, 0.3) is 0 Å². The molecule has 0 unspecified atom stereocenters. The lowest BCUT2D eigenvalue weighted by Gasteiger charge is -2.20. The summed E-state index contributed by atoms with van der Waals surface area (Å²) in [5.41, 5.74) is 7.03. The predicted molar refractivity (Wildman–Crippen MR) is 92.8 cm³/mol. The monoisotopic (exact) mass is 364 g/mol. The van der Waals surface area contributed by atoms with Gasteiger partial charge in [0.05, 0.1) is 0 Å². The van der Waals surface area contributed by atoms with E-state index in [0.29, 0.717) is 0 Å². The van der Waals surface area contributed by atoms with Crippen molar-refractivity contribution in [3.8, 4) is 11.1 Å². The van der Waals surface area contributed by atoms with Crippen LogP contribution >= 0.6 is 22.6 Å². The van der Waals surface area contributed by atoms with E-state index in [-0.39, 0.29) is 5.41 Å². The van der Waals surface area contributed by atoms with Gasteiger partial charge in [0, 0.05) is 3.57 Å². The van der Waals surface area contributed by atoms with Crippen molar-refractivity contribution in [3.63, 3.8) is 0 Å². The summed E-state index contributed by atoms with van der Waals surface area (Å²) in [5.74, 6) is 0. The van der Waals surface area contributed by atoms with Gasteiger partial charge in [-0.05, 0) is 75.7 Å². The van der Waals surface area contributed by atoms with Gasteiger partial charge in [0.1, 0.15) is 0 Å². The first kappa shape index (κ1) is 14.6. The van der Waals surface area contributed by atoms with Crippen LogP contribution in [0.1, 0.15) is 37.5 Å². The second kappa shape index (κ2) is 5.28. The Morgan fingerprint density at radius 3 is 1.95 bits per heavy atom. The predicted octanol–water partition coefficient (Wildman–Crippen LogP) is 5.87. The molecule has 0 aromatic heterocycles. The van der Waals surface area contributed by atoms with Gasteiger partial charge in [-0.15, -0.1) is 0 Å². The SMILES string of the molecule is Cc1ccc(I)c(C)c1-c1ccc(C(C)(C)C)cc1. The smallest absolute Gasteiger partial charge is 0.0165 e. The molecule has 0 spiro atoms. The first-order valence-corrected chi connectivity index (χ1v) is 7.75. The molecule has 100 valence electrons. The zero-order chi connectivity index (χ0) is 14.2. The van der Waals surface area contributed by atoms with Crippen molar-refractivity contribution < 1.29 is 0 Å². The molecule has 2 rings (SSSR count). The van der Waals surface area contributed by atoms with E-state index in [4.69, 9.17) is 0 Å². The Bertz CT molecular complexity index is 586. The lowest BCUT2D eigenvalue weighted by molar-refractivity contribution is 0.590. The number of hydrogen-bond donors (Lipinski definition) is 0. The number of benzene rings is 2. The molecule has 0 radical (unpaired) electrons. The number of aryl methyl sites for hydroxylation is 1. The van der Waals surface area contributed by atoms with Gasteiger partial charge in [-0.3, -0.25) is 0 Å². The number of halogens is 1. The standard InChI is InChI=1S/C18H21I/c1-12-6-11-16(19)13(2)17(12)14-7-9-15(10-8-14)18(3,4)5/h6-11H,1-5H3. The zero-order valence-corrected chi connectivity index (χ0v) is 14.5. The minimum Gasteiger partial charge on any atom is -0.0579 e. The first-order chi connectivity index (χ1) is 8.80. The van der Waals surface area contributed by atoms with Gasteiger partial charge in [-0.2, -0.15) is 0 Å². The molecule has 2 aromatic rings. The minimum atomic E-state index is 0.216. The van der Waals surface area contributed by atoms with E-state index < -0.39 is 0 Å². The van der Waals surface area contributed by atoms with Crippen molar-refractivity contribution in [2.45, 2.75) is 40.0 Å². The van der Waals surface area contributed by atoms with E-state index in [0.717, 1.165) is 0 Å². The molecular weight excluding hydrogens is 343 g/mol. The molecule has 2 aromatic carbocycles. The lowest BCUT2D eigenvalue weighted by atomic mass is 9.85. The van der Waals surface area contributed by atoms with Crippen LogP contribution in [0.3, 0.4) is 0 Å². The Balaban J connectivity index is 2.52. The van der Waals surface area contributed by atoms with Crippen molar-refractivity contribution in [2.75, 3.05) is 0 Å². The molecule has 0 amide bonds. The van der Waals surface area contributed by atoms with Crippen molar-refractivity contribution in [1.82, 2.24) is 0 Å². The van der Waals surface area contributed by atoms with Gasteiger partial charge in [0.15, 0.2) is 0 Å². The molecule has 0 heterocycles. The normalized spacial score (nSPS) is 11.7. The van der Waals surface area contributed by atoms with E-state index in [1.54, 1.807) is 0 Å². The molecule has 1 heteroatoms. The van der Waals surface area contributed by atoms with Crippen LogP contribution in [0.2, 0.25) is 0 Å². The molecule has 0 saturated carbocycles. The van der Waals surface area contributed by atoms with Gasteiger partial charge < -0.3 is 0 Å². The summed E-state index contributed by atoms with van der Waals surface area (Å²) in [7, 11) is 0. The van der Waals surface area contributed by atoms with Gasteiger partial charge in [0.2, 0.25) is 0 Å². The highest BCUT2D eigenvalue weighted by Crippen LogP contribution is 2.32. The summed E-state index contributed by atoms with van der Waals surface area (Å²) in [5, 5.41) is 0. The van der Waals surface area contributed by atoms with Crippen LogP contribution in [0, 0.1) is 17.4 Å². The Morgan fingerprint density at radius 2 is 1.42 bits per heavy atom. The second-order valence-electron chi connectivity index (χ2n) is 6.19. The van der Waals surface area contributed by atoms with Crippen LogP contribution in [0.15, 0.2) is 36.4 Å². The summed E-state index contributed by atoms with van der Waals surface area (Å²) < 4.78 is 1.33. The maximum atomic E-state index is 2.41. The Kier molecular flexibility index (Phi) is 4.05. The fourth-order valence-electron chi connectivity index (χ4n) is 2.40. The summed E-state index contributed by atoms with van der Waals surface area (Å²) in [6.07, 6.45) is 0. The quantitative estimate of drug-likeness (QED) is 0.555. The maximum absolute atomic E-state index is 2.41. The topological polar surface area (TPSA) is 0 Å². The molecule has 19 heavy (non-hydrogen) atoms. The lowest BCUT2D eigenvalue weighted by Crippen LogP contribution is -2.10. The molecule has 0 atom stereocenters. The van der Waals surface area contributed by atoms with Crippen LogP contribution in [0.25, 0.3) is 11.1 Å². The molecule has 0 aliphatic rings.